The Kier molecular flexibility index (Phi) is 44.6. The van der Waals surface area contributed by atoms with E-state index in [0.717, 1.165) is 92.0 Å². The van der Waals surface area contributed by atoms with Crippen LogP contribution < -0.4 is 100 Å². The van der Waals surface area contributed by atoms with Gasteiger partial charge in [0.2, 0.25) is 35.7 Å². The van der Waals surface area contributed by atoms with Crippen molar-refractivity contribution in [2.45, 2.75) is 19.8 Å². The molecule has 48 nitrogen and oxygen atoms in total. The average Bonchev–Trinajstić information content (AvgIpc) is 1.42. The number of anilines is 7. The monoisotopic (exact) mass is 2070 g/mol. The van der Waals surface area contributed by atoms with Crippen molar-refractivity contribution in [2.75, 3.05) is 136 Å². The van der Waals surface area contributed by atoms with Gasteiger partial charge in [-0.15, -0.1) is 0 Å². The van der Waals surface area contributed by atoms with Crippen LogP contribution in [0.25, 0.3) is 56.6 Å². The van der Waals surface area contributed by atoms with Crippen LogP contribution in [0.5, 0.6) is 0 Å². The second-order valence-electron chi connectivity index (χ2n) is 29.8. The second kappa shape index (κ2) is 55.9. The number of ether oxygens (including phenoxy) is 3. The van der Waals surface area contributed by atoms with Crippen molar-refractivity contribution < 1.29 is 157 Å². The van der Waals surface area contributed by atoms with E-state index in [1.807, 2.05) is 66.5 Å². The van der Waals surface area contributed by atoms with Crippen molar-refractivity contribution in [3.63, 3.8) is 0 Å². The molecule has 13 N–H and O–H groups in total. The molecule has 0 aliphatic carbocycles. The molecule has 54 heteroatoms. The van der Waals surface area contributed by atoms with Crippen LogP contribution in [0.2, 0.25) is 20.1 Å². The summed E-state index contributed by atoms with van der Waals surface area (Å²) in [5.74, 6) is 7.12. The van der Waals surface area contributed by atoms with Gasteiger partial charge in [0.1, 0.15) is 57.6 Å². The minimum Gasteiger partial charge on any atom is -0.860 e. The van der Waals surface area contributed by atoms with Gasteiger partial charge in [0.25, 0.3) is 17.1 Å². The maximum atomic E-state index is 11.3. The van der Waals surface area contributed by atoms with E-state index < -0.39 is 38.6 Å². The minimum absolute atomic E-state index is 0. The first-order chi connectivity index (χ1) is 66.5. The fraction of sp³-hybridized carbons (Fsp3) is 0.211. The number of nitro groups is 3. The Morgan fingerprint density at radius 1 is 0.382 bits per heavy atom. The molecule has 4 amide bonds. The Bertz CT molecular complexity index is 6520. The Hall–Kier alpha value is -14.4. The number of hydrazone groups is 5. The van der Waals surface area contributed by atoms with E-state index in [1.54, 1.807) is 128 Å². The number of hydrogen-bond acceptors (Lipinski definition) is 36. The predicted octanol–water partition coefficient (Wildman–Crippen LogP) is 5.27. The summed E-state index contributed by atoms with van der Waals surface area (Å²) in [7, 11) is 0. The van der Waals surface area contributed by atoms with Gasteiger partial charge in [-0.1, -0.05) is 64.6 Å². The topological polar surface area (TPSA) is 680 Å². The first kappa shape index (κ1) is 115. The third kappa shape index (κ3) is 32.3. The summed E-state index contributed by atoms with van der Waals surface area (Å²) in [5, 5.41) is 83.8. The van der Waals surface area contributed by atoms with Crippen molar-refractivity contribution in [1.82, 2.24) is 44.9 Å². The van der Waals surface area contributed by atoms with E-state index in [2.05, 4.69) is 96.3 Å². The normalized spacial score (nSPS) is 14.3. The number of halogens is 4. The zero-order chi connectivity index (χ0) is 95.7. The molecule has 13 aromatic rings. The summed E-state index contributed by atoms with van der Waals surface area (Å²) in [6.07, 6.45) is 9.59. The molecular weight excluding hydrogens is 1990 g/mol. The Morgan fingerprint density at radius 2 is 0.743 bits per heavy atom. The SMILES string of the molecule is Cc1cc([N+](=O)[O-])ccc1-c1ccc(/C=N/N2CCOCC2)o1.Clc1ccc(Cl)c(-c2ccc(/C=N/Nc3nc(N4CCOCC4)nc(N4CCOCC4)n3)o2)c1.Clc1ccc(Cl)c(-c2ccc(/C=N/Nc3nc(Nc4ccccc4)nc(N4CCCC4)n3)o2)c1.O.O.O.O.O.O=C1N=C([O-])CN1/N=C/c1ccc(-c2ccc([N+](=O)[O-])cc2)o1.O=C1N=C([O-])CN1/N=C/c1ccc(-c2ccc([N+](=O)[O-])cc2)o1.[Na+].[Na+]. The summed E-state index contributed by atoms with van der Waals surface area (Å²) in [4.78, 5) is 93.3. The largest absolute Gasteiger partial charge is 1.00 e. The van der Waals surface area contributed by atoms with Crippen molar-refractivity contribution >= 4 is 160 Å². The molecule has 6 aliphatic rings. The maximum absolute atomic E-state index is 11.3. The maximum Gasteiger partial charge on any atom is 1.00 e. The molecule has 6 aromatic carbocycles. The number of benzene rings is 6. The summed E-state index contributed by atoms with van der Waals surface area (Å²) < 4.78 is 44.7. The number of aromatic nitrogens is 6. The summed E-state index contributed by atoms with van der Waals surface area (Å²) in [6.45, 7) is 11.6. The summed E-state index contributed by atoms with van der Waals surface area (Å²) in [6, 6.07) is 52.7. The van der Waals surface area contributed by atoms with Gasteiger partial charge >= 0.3 is 71.2 Å². The first-order valence-corrected chi connectivity index (χ1v) is 43.5. The van der Waals surface area contributed by atoms with Crippen molar-refractivity contribution in [2.24, 2.45) is 35.5 Å². The summed E-state index contributed by atoms with van der Waals surface area (Å²) >= 11 is 24.7. The van der Waals surface area contributed by atoms with Crippen LogP contribution in [0.4, 0.5) is 68.0 Å². The molecule has 0 atom stereocenters. The molecule has 13 heterocycles. The number of amides is 4. The van der Waals surface area contributed by atoms with Crippen molar-refractivity contribution in [3.05, 3.63) is 279 Å². The van der Waals surface area contributed by atoms with Crippen LogP contribution in [-0.4, -0.2) is 247 Å². The van der Waals surface area contributed by atoms with Crippen LogP contribution in [0.1, 0.15) is 47.2 Å². The summed E-state index contributed by atoms with van der Waals surface area (Å²) in [5.41, 5.74) is 11.1. The Labute approximate surface area is 882 Å². The van der Waals surface area contributed by atoms with E-state index in [4.69, 9.17) is 82.7 Å². The smallest absolute Gasteiger partial charge is 0.860 e. The molecule has 7 aromatic heterocycles. The van der Waals surface area contributed by atoms with Gasteiger partial charge in [-0.25, -0.2) is 40.4 Å². The number of hydrogen-bond donors (Lipinski definition) is 3. The molecule has 4 fully saturated rings. The van der Waals surface area contributed by atoms with Gasteiger partial charge in [-0.05, 0) is 177 Å². The number of morpholine rings is 3. The molecule has 4 saturated heterocycles. The number of aryl methyl sites for hydroxylation is 1. The zero-order valence-corrected chi connectivity index (χ0v) is 83.8. The van der Waals surface area contributed by atoms with Crippen LogP contribution >= 0.6 is 46.4 Å². The molecule has 0 spiro atoms. The number of aliphatic imine (C=N–C) groups is 2. The van der Waals surface area contributed by atoms with Gasteiger partial charge < -0.3 is 93.9 Å². The first-order valence-electron chi connectivity index (χ1n) is 42.0. The number of nitrogens with zero attached hydrogens (tertiary/aromatic N) is 22. The minimum atomic E-state index is -0.714. The Morgan fingerprint density at radius 3 is 1.15 bits per heavy atom. The quantitative estimate of drug-likeness (QED) is 0.0284. The van der Waals surface area contributed by atoms with Crippen LogP contribution in [-0.2, 0) is 14.2 Å². The molecule has 0 saturated carbocycles. The molecule has 742 valence electrons. The van der Waals surface area contributed by atoms with Gasteiger partial charge in [-0.2, -0.15) is 55.4 Å². The number of furan rings is 5. The Balaban J connectivity index is 0.000000220. The third-order valence-corrected chi connectivity index (χ3v) is 21.5. The fourth-order valence-corrected chi connectivity index (χ4v) is 14.3. The molecule has 0 unspecified atom stereocenters. The van der Waals surface area contributed by atoms with Crippen LogP contribution in [0, 0.1) is 37.3 Å². The fourth-order valence-electron chi connectivity index (χ4n) is 13.5. The van der Waals surface area contributed by atoms with Crippen molar-refractivity contribution in [1.29, 1.82) is 0 Å². The number of para-hydroxylation sites is 1. The third-order valence-electron chi connectivity index (χ3n) is 20.3. The van der Waals surface area contributed by atoms with E-state index in [-0.39, 0.29) is 117 Å². The predicted molar refractivity (Wildman–Crippen MR) is 527 cm³/mol. The zero-order valence-electron chi connectivity index (χ0n) is 76.8. The molecular formula is C90H89Cl4N25Na2O23. The van der Waals surface area contributed by atoms with E-state index in [9.17, 15) is 50.1 Å². The number of nitrogens with one attached hydrogen (secondary N) is 3. The molecule has 19 rings (SSSR count). The average molecular weight is 2080 g/mol. The van der Waals surface area contributed by atoms with Gasteiger partial charge in [0.15, 0.2) is 0 Å². The molecule has 0 bridgehead atoms. The number of carbonyl (C=O) groups is 2. The van der Waals surface area contributed by atoms with Crippen LogP contribution in [0.15, 0.2) is 252 Å². The van der Waals surface area contributed by atoms with Gasteiger partial charge in [-0.3, -0.25) is 35.4 Å². The number of carbonyl (C=O) groups excluding carboxylic acids is 2. The van der Waals surface area contributed by atoms with Gasteiger partial charge in [0, 0.05) is 119 Å². The molecule has 0 radical (unpaired) electrons. The van der Waals surface area contributed by atoms with E-state index in [1.165, 1.54) is 42.8 Å². The number of non-ortho nitro benzene ring substituents is 3. The standard InChI is InChI=1S/C24H21Cl2N7O.C22H23Cl2N7O3.C16H17N3O4.2C14H10N4O5.2Na.5H2O/c25-16-8-10-20(26)19(14-16)21-11-9-18(34-21)15-27-32-23-29-22(28-17-6-2-1-3-7-17)30-24(31-23)33-12-4-5-13-33;23-15-1-3-18(24)17(13-15)19-4-2-16(34-19)14-25-29-20-26-21(30-5-9-32-10-6-30)28-22(27-20)31-7-11-33-12-8-31;1-12-10-13(19(20)21)2-4-15(12)16-5-3-14(23-16)11-17-18-6-8-22-9-7-18;2*19-13-8-17(14(20)16-13)15-7-11-5-6-12(23-11)9-1-3-10(4-2-9)18(21)22;;;;;;;/h1-3,6-11,14-15H,4-5,12-13H2,(H2,28,29,30,31,32);1-4,13-14H,5-12H2,(H,26,27,28,29);2-5,10-11H,6-9H2,1H3;2*1-7H,8H2,(H,16,19,20);;;5*1H2/q;;;;;2*+1;;;;;/p-2/b27-15+;25-14+;17-11+;2*15-7+;;;;;;;. The number of urea groups is 2. The van der Waals surface area contributed by atoms with Crippen LogP contribution in [0.3, 0.4) is 0 Å². The van der Waals surface area contributed by atoms with E-state index >= 15 is 0 Å². The molecule has 144 heavy (non-hydrogen) atoms. The second-order valence-corrected chi connectivity index (χ2v) is 31.5. The van der Waals surface area contributed by atoms with E-state index in [0.29, 0.717) is 175 Å². The van der Waals surface area contributed by atoms with Gasteiger partial charge in [0.05, 0.1) is 122 Å². The van der Waals surface area contributed by atoms with Crippen molar-refractivity contribution in [3.8, 4) is 56.6 Å². The number of rotatable bonds is 25. The number of nitro benzene ring substituents is 3. The molecule has 6 aliphatic heterocycles.